The lowest BCUT2D eigenvalue weighted by Crippen LogP contribution is -2.27. The maximum Gasteiger partial charge on any atom is 0.391 e. The van der Waals surface area contributed by atoms with Gasteiger partial charge in [-0.15, -0.1) is 0 Å². The lowest BCUT2D eigenvalue weighted by Gasteiger charge is -2.29. The van der Waals surface area contributed by atoms with Gasteiger partial charge in [0, 0.05) is 0 Å². The normalized spacial score (nSPS) is 25.7. The molecule has 2 aliphatic rings. The molecule has 2 aromatic rings. The summed E-state index contributed by atoms with van der Waals surface area (Å²) in [6.07, 6.45) is 5.67. The molecule has 0 spiro atoms. The summed E-state index contributed by atoms with van der Waals surface area (Å²) >= 11 is 0. The zero-order valence-electron chi connectivity index (χ0n) is 22.3. The van der Waals surface area contributed by atoms with Crippen LogP contribution in [0.3, 0.4) is 0 Å². The molecule has 204 valence electrons. The van der Waals surface area contributed by atoms with Crippen LogP contribution < -0.4 is 0 Å². The van der Waals surface area contributed by atoms with Crippen molar-refractivity contribution < 1.29 is 22.3 Å². The molecule has 5 heteroatoms. The minimum atomic E-state index is -4.01. The van der Waals surface area contributed by atoms with Gasteiger partial charge in [0.2, 0.25) is 6.17 Å². The molecule has 0 radical (unpaired) electrons. The van der Waals surface area contributed by atoms with Crippen LogP contribution in [0, 0.1) is 17.7 Å². The molecule has 4 rings (SSSR count). The number of hydrogen-bond acceptors (Lipinski definition) is 1. The fourth-order valence-electron chi connectivity index (χ4n) is 6.45. The Balaban J connectivity index is 1.31. The van der Waals surface area contributed by atoms with Crippen LogP contribution in [0.4, 0.5) is 17.6 Å². The second-order valence-electron chi connectivity index (χ2n) is 11.4. The van der Waals surface area contributed by atoms with Gasteiger partial charge in [-0.2, -0.15) is 8.78 Å². The van der Waals surface area contributed by atoms with Crippen molar-refractivity contribution in [3.8, 4) is 0 Å². The Kier molecular flexibility index (Phi) is 9.72. The van der Waals surface area contributed by atoms with Gasteiger partial charge in [-0.05, 0) is 103 Å². The molecule has 0 heterocycles. The first-order valence-corrected chi connectivity index (χ1v) is 14.3. The smallest absolute Gasteiger partial charge is 0.313 e. The number of alkyl halides is 3. The fourth-order valence-corrected chi connectivity index (χ4v) is 6.45. The monoisotopic (exact) mass is 518 g/mol. The quantitative estimate of drug-likeness (QED) is 0.284. The molecule has 2 saturated carbocycles. The van der Waals surface area contributed by atoms with Crippen molar-refractivity contribution in [3.05, 3.63) is 70.5 Å². The Bertz CT molecular complexity index is 973. The molecule has 2 fully saturated rings. The number of rotatable bonds is 10. The Morgan fingerprint density at radius 1 is 0.838 bits per heavy atom. The van der Waals surface area contributed by atoms with Gasteiger partial charge < -0.3 is 4.74 Å². The fraction of sp³-hybridized carbons (Fsp3) is 0.625. The molecule has 37 heavy (non-hydrogen) atoms. The van der Waals surface area contributed by atoms with Gasteiger partial charge in [-0.1, -0.05) is 69.5 Å². The molecule has 1 unspecified atom stereocenters. The number of benzene rings is 2. The molecule has 2 aliphatic carbocycles. The van der Waals surface area contributed by atoms with Crippen LogP contribution >= 0.6 is 0 Å². The van der Waals surface area contributed by atoms with E-state index in [0.717, 1.165) is 55.9 Å². The van der Waals surface area contributed by atoms with E-state index < -0.39 is 18.9 Å². The lowest BCUT2D eigenvalue weighted by molar-refractivity contribution is -0.282. The van der Waals surface area contributed by atoms with E-state index in [0.29, 0.717) is 11.5 Å². The van der Waals surface area contributed by atoms with Crippen molar-refractivity contribution in [2.24, 2.45) is 11.8 Å². The van der Waals surface area contributed by atoms with Gasteiger partial charge in [-0.25, -0.2) is 8.78 Å². The third kappa shape index (κ3) is 7.16. The summed E-state index contributed by atoms with van der Waals surface area (Å²) in [5.41, 5.74) is 1.92. The van der Waals surface area contributed by atoms with E-state index in [2.05, 4.69) is 13.8 Å². The summed E-state index contributed by atoms with van der Waals surface area (Å²) in [7, 11) is 0. The van der Waals surface area contributed by atoms with Crippen molar-refractivity contribution in [1.29, 1.82) is 0 Å². The molecule has 0 aromatic heterocycles. The minimum Gasteiger partial charge on any atom is -0.313 e. The Morgan fingerprint density at radius 2 is 1.46 bits per heavy atom. The van der Waals surface area contributed by atoms with E-state index in [1.807, 2.05) is 0 Å². The average Bonchev–Trinajstić information content (AvgIpc) is 2.92. The first-order chi connectivity index (χ1) is 17.8. The molecular formula is C32H42F4O. The van der Waals surface area contributed by atoms with Crippen LogP contribution in [0.15, 0.2) is 42.5 Å². The van der Waals surface area contributed by atoms with Gasteiger partial charge in [-0.3, -0.25) is 0 Å². The SMILES string of the molecule is CCCC1CCC(c2ccc(COC(F)(F)C(F)c3ccc(C4CCC(CC)CC4)cc3)cc2F)CC1. The third-order valence-corrected chi connectivity index (χ3v) is 8.90. The largest absolute Gasteiger partial charge is 0.391 e. The lowest BCUT2D eigenvalue weighted by atomic mass is 9.77. The van der Waals surface area contributed by atoms with Gasteiger partial charge >= 0.3 is 6.11 Å². The highest BCUT2D eigenvalue weighted by molar-refractivity contribution is 5.29. The van der Waals surface area contributed by atoms with Gasteiger partial charge in [0.05, 0.1) is 6.61 Å². The van der Waals surface area contributed by atoms with E-state index >= 15 is 0 Å². The van der Waals surface area contributed by atoms with Crippen molar-refractivity contribution in [2.45, 2.75) is 115 Å². The number of halogens is 4. The molecular weight excluding hydrogens is 476 g/mol. The molecule has 0 N–H and O–H groups in total. The van der Waals surface area contributed by atoms with Gasteiger partial charge in [0.25, 0.3) is 0 Å². The average molecular weight is 519 g/mol. The van der Waals surface area contributed by atoms with Gasteiger partial charge in [0.15, 0.2) is 0 Å². The first-order valence-electron chi connectivity index (χ1n) is 14.3. The maximum absolute atomic E-state index is 14.8. The minimum absolute atomic E-state index is 0.101. The Hall–Kier alpha value is -1.88. The van der Waals surface area contributed by atoms with Crippen LogP contribution in [0.2, 0.25) is 0 Å². The second-order valence-corrected chi connectivity index (χ2v) is 11.4. The van der Waals surface area contributed by atoms with E-state index in [1.54, 1.807) is 24.3 Å². The predicted octanol–water partition coefficient (Wildman–Crippen LogP) is 10.4. The highest BCUT2D eigenvalue weighted by Crippen LogP contribution is 2.41. The predicted molar refractivity (Wildman–Crippen MR) is 141 cm³/mol. The van der Waals surface area contributed by atoms with Crippen molar-refractivity contribution in [1.82, 2.24) is 0 Å². The molecule has 1 nitrogen and oxygen atoms in total. The molecule has 0 bridgehead atoms. The molecule has 0 aliphatic heterocycles. The van der Waals surface area contributed by atoms with E-state index in [4.69, 9.17) is 4.74 Å². The zero-order chi connectivity index (χ0) is 26.4. The summed E-state index contributed by atoms with van der Waals surface area (Å²) < 4.78 is 63.6. The summed E-state index contributed by atoms with van der Waals surface area (Å²) in [6.45, 7) is 3.86. The van der Waals surface area contributed by atoms with Crippen LogP contribution in [0.1, 0.15) is 125 Å². The summed E-state index contributed by atoms with van der Waals surface area (Å²) in [4.78, 5) is 0. The molecule has 1 atom stereocenters. The van der Waals surface area contributed by atoms with Crippen LogP contribution in [0.5, 0.6) is 0 Å². The van der Waals surface area contributed by atoms with Crippen molar-refractivity contribution in [2.75, 3.05) is 0 Å². The topological polar surface area (TPSA) is 9.23 Å². The van der Waals surface area contributed by atoms with Crippen LogP contribution in [-0.2, 0) is 11.3 Å². The Labute approximate surface area is 220 Å². The Morgan fingerprint density at radius 3 is 2.05 bits per heavy atom. The molecule has 0 saturated heterocycles. The van der Waals surface area contributed by atoms with Crippen LogP contribution in [-0.4, -0.2) is 6.11 Å². The van der Waals surface area contributed by atoms with Crippen molar-refractivity contribution >= 4 is 0 Å². The van der Waals surface area contributed by atoms with Gasteiger partial charge in [0.1, 0.15) is 5.82 Å². The third-order valence-electron chi connectivity index (χ3n) is 8.90. The highest BCUT2D eigenvalue weighted by Gasteiger charge is 2.43. The summed E-state index contributed by atoms with van der Waals surface area (Å²) in [5.74, 6) is 1.70. The summed E-state index contributed by atoms with van der Waals surface area (Å²) in [5, 5.41) is 0. The van der Waals surface area contributed by atoms with Crippen molar-refractivity contribution in [3.63, 3.8) is 0 Å². The first kappa shape index (κ1) is 28.1. The molecule has 0 amide bonds. The second kappa shape index (κ2) is 12.8. The van der Waals surface area contributed by atoms with E-state index in [-0.39, 0.29) is 22.9 Å². The number of ether oxygens (including phenoxy) is 1. The summed E-state index contributed by atoms with van der Waals surface area (Å²) in [6, 6.07) is 11.0. The van der Waals surface area contributed by atoms with E-state index in [9.17, 15) is 17.6 Å². The standard InChI is InChI=1S/C32H42F4O/c1-3-5-23-8-13-27(14-9-23)29-19-10-24(20-30(29)33)21-37-32(35,36)31(34)28-17-15-26(16-18-28)25-11-6-22(4-2)7-12-25/h10,15-20,22-23,25,27,31H,3-9,11-14,21H2,1-2H3. The molecule has 2 aromatic carbocycles. The zero-order valence-corrected chi connectivity index (χ0v) is 22.3. The highest BCUT2D eigenvalue weighted by atomic mass is 19.3. The number of hydrogen-bond donors (Lipinski definition) is 0. The maximum atomic E-state index is 14.8. The van der Waals surface area contributed by atoms with E-state index in [1.165, 1.54) is 50.3 Å². The van der Waals surface area contributed by atoms with Crippen LogP contribution in [0.25, 0.3) is 0 Å².